The van der Waals surface area contributed by atoms with E-state index < -0.39 is 0 Å². The number of primary amides is 1. The maximum Gasteiger partial charge on any atom is 0.221 e. The predicted octanol–water partition coefficient (Wildman–Crippen LogP) is 4.30. The highest BCUT2D eigenvalue weighted by Crippen LogP contribution is 2.66. The van der Waals surface area contributed by atoms with Crippen molar-refractivity contribution in [2.24, 2.45) is 46.2 Å². The van der Waals surface area contributed by atoms with E-state index in [2.05, 4.69) is 26.0 Å². The average molecular weight is 301 g/mol. The summed E-state index contributed by atoms with van der Waals surface area (Å²) in [5.74, 6) is 3.39. The van der Waals surface area contributed by atoms with Crippen molar-refractivity contribution in [3.05, 3.63) is 12.2 Å². The number of rotatable bonds is 1. The number of hydrogen-bond acceptors (Lipinski definition) is 1. The number of allylic oxidation sites excluding steroid dienone is 2. The monoisotopic (exact) mass is 301 g/mol. The molecular weight excluding hydrogens is 270 g/mol. The summed E-state index contributed by atoms with van der Waals surface area (Å²) in [6.07, 6.45) is 15.3. The Balaban J connectivity index is 1.66. The lowest BCUT2D eigenvalue weighted by molar-refractivity contribution is -0.130. The minimum atomic E-state index is -0.0408. The molecule has 1 amide bonds. The molecule has 22 heavy (non-hydrogen) atoms. The van der Waals surface area contributed by atoms with Gasteiger partial charge in [0, 0.05) is 5.92 Å². The Hall–Kier alpha value is -0.790. The molecule has 0 aromatic rings. The Bertz CT molecular complexity index is 512. The van der Waals surface area contributed by atoms with Crippen LogP contribution in [0.25, 0.3) is 0 Å². The van der Waals surface area contributed by atoms with E-state index in [9.17, 15) is 4.79 Å². The summed E-state index contributed by atoms with van der Waals surface area (Å²) in [6.45, 7) is 4.91. The van der Waals surface area contributed by atoms with Gasteiger partial charge in [-0.1, -0.05) is 26.0 Å². The van der Waals surface area contributed by atoms with Crippen LogP contribution >= 0.6 is 0 Å². The van der Waals surface area contributed by atoms with Crippen molar-refractivity contribution in [3.8, 4) is 0 Å². The normalized spacial score (nSPS) is 53.5. The van der Waals surface area contributed by atoms with Crippen LogP contribution in [0.2, 0.25) is 0 Å². The molecule has 0 aromatic heterocycles. The molecule has 2 unspecified atom stereocenters. The second kappa shape index (κ2) is 4.85. The highest BCUT2D eigenvalue weighted by Gasteiger charge is 2.60. The highest BCUT2D eigenvalue weighted by atomic mass is 16.1. The summed E-state index contributed by atoms with van der Waals surface area (Å²) in [5.41, 5.74) is 6.35. The van der Waals surface area contributed by atoms with Crippen LogP contribution < -0.4 is 5.73 Å². The Kier molecular flexibility index (Phi) is 3.26. The van der Waals surface area contributed by atoms with Gasteiger partial charge in [0.2, 0.25) is 5.91 Å². The highest BCUT2D eigenvalue weighted by molar-refractivity contribution is 5.78. The first-order chi connectivity index (χ1) is 10.5. The third-order valence-corrected chi connectivity index (χ3v) is 8.47. The van der Waals surface area contributed by atoms with Crippen LogP contribution in [0.5, 0.6) is 0 Å². The van der Waals surface area contributed by atoms with Gasteiger partial charge in [0.1, 0.15) is 0 Å². The predicted molar refractivity (Wildman–Crippen MR) is 88.9 cm³/mol. The number of carbonyl (C=O) groups is 1. The van der Waals surface area contributed by atoms with Gasteiger partial charge in [0.05, 0.1) is 0 Å². The molecule has 3 saturated carbocycles. The second-order valence-corrected chi connectivity index (χ2v) is 9.07. The average Bonchev–Trinajstić information content (AvgIpc) is 2.84. The van der Waals surface area contributed by atoms with E-state index in [1.807, 2.05) is 0 Å². The fraction of sp³-hybridized carbons (Fsp3) is 0.850. The number of hydrogen-bond donors (Lipinski definition) is 1. The van der Waals surface area contributed by atoms with Crippen molar-refractivity contribution in [3.63, 3.8) is 0 Å². The minimum absolute atomic E-state index is 0.0408. The van der Waals surface area contributed by atoms with Gasteiger partial charge >= 0.3 is 0 Å². The fourth-order valence-corrected chi connectivity index (χ4v) is 7.29. The Morgan fingerprint density at radius 2 is 1.86 bits per heavy atom. The smallest absolute Gasteiger partial charge is 0.221 e. The zero-order valence-corrected chi connectivity index (χ0v) is 14.2. The molecular formula is C20H31NO. The molecule has 122 valence electrons. The third kappa shape index (κ3) is 1.82. The second-order valence-electron chi connectivity index (χ2n) is 9.07. The van der Waals surface area contributed by atoms with Gasteiger partial charge in [0.25, 0.3) is 0 Å². The number of amides is 1. The van der Waals surface area contributed by atoms with Gasteiger partial charge in [-0.15, -0.1) is 0 Å². The first-order valence-corrected chi connectivity index (χ1v) is 9.44. The molecule has 0 radical (unpaired) electrons. The fourth-order valence-electron chi connectivity index (χ4n) is 7.29. The molecule has 3 fully saturated rings. The molecule has 4 rings (SSSR count). The van der Waals surface area contributed by atoms with Crippen LogP contribution in [0.15, 0.2) is 12.2 Å². The maximum atomic E-state index is 11.9. The molecule has 2 nitrogen and oxygen atoms in total. The van der Waals surface area contributed by atoms with Crippen molar-refractivity contribution in [1.29, 1.82) is 0 Å². The lowest BCUT2D eigenvalue weighted by Crippen LogP contribution is -2.52. The lowest BCUT2D eigenvalue weighted by Gasteiger charge is -2.59. The standard InChI is InChI=1S/C20H31NO/c1-19-11-4-3-5-13(19)6-7-14-15-8-9-17(18(21)22)20(15,2)12-10-16(14)19/h4,11,13-17H,3,5-10,12H2,1-2H3,(H2,21,22)/t13?,14-,15-,16-,17?,19-,20-/m0/s1. The summed E-state index contributed by atoms with van der Waals surface area (Å²) >= 11 is 0. The quantitative estimate of drug-likeness (QED) is 0.721. The molecule has 0 aliphatic heterocycles. The molecule has 0 aromatic carbocycles. The molecule has 4 aliphatic rings. The van der Waals surface area contributed by atoms with Crippen molar-refractivity contribution < 1.29 is 4.79 Å². The zero-order chi connectivity index (χ0) is 15.5. The van der Waals surface area contributed by atoms with Crippen LogP contribution in [-0.2, 0) is 4.79 Å². The van der Waals surface area contributed by atoms with Crippen LogP contribution in [-0.4, -0.2) is 5.91 Å². The van der Waals surface area contributed by atoms with Crippen molar-refractivity contribution in [2.75, 3.05) is 0 Å². The van der Waals surface area contributed by atoms with Crippen LogP contribution in [0.4, 0.5) is 0 Å². The molecule has 0 bridgehead atoms. The summed E-state index contributed by atoms with van der Waals surface area (Å²) in [5, 5.41) is 0. The summed E-state index contributed by atoms with van der Waals surface area (Å²) in [6, 6.07) is 0. The van der Waals surface area contributed by atoms with Crippen LogP contribution in [0, 0.1) is 40.4 Å². The molecule has 7 atom stereocenters. The summed E-state index contributed by atoms with van der Waals surface area (Å²) in [7, 11) is 0. The summed E-state index contributed by atoms with van der Waals surface area (Å²) in [4.78, 5) is 11.9. The van der Waals surface area contributed by atoms with Crippen LogP contribution in [0.1, 0.15) is 65.2 Å². The first kappa shape index (κ1) is 14.8. The molecule has 0 saturated heterocycles. The Morgan fingerprint density at radius 3 is 2.64 bits per heavy atom. The van der Waals surface area contributed by atoms with E-state index in [0.717, 1.165) is 30.1 Å². The third-order valence-electron chi connectivity index (χ3n) is 8.47. The van der Waals surface area contributed by atoms with Crippen molar-refractivity contribution in [1.82, 2.24) is 0 Å². The van der Waals surface area contributed by atoms with Gasteiger partial charge in [-0.3, -0.25) is 4.79 Å². The van der Waals surface area contributed by atoms with Gasteiger partial charge in [0.15, 0.2) is 0 Å². The zero-order valence-electron chi connectivity index (χ0n) is 14.2. The molecule has 2 heteroatoms. The van der Waals surface area contributed by atoms with Crippen molar-refractivity contribution >= 4 is 5.91 Å². The van der Waals surface area contributed by atoms with E-state index >= 15 is 0 Å². The van der Waals surface area contributed by atoms with Gasteiger partial charge in [-0.05, 0) is 85.9 Å². The first-order valence-electron chi connectivity index (χ1n) is 9.44. The van der Waals surface area contributed by atoms with Crippen LogP contribution in [0.3, 0.4) is 0 Å². The van der Waals surface area contributed by atoms with E-state index in [1.54, 1.807) is 0 Å². The molecule has 4 aliphatic carbocycles. The number of nitrogens with two attached hydrogens (primary N) is 1. The lowest BCUT2D eigenvalue weighted by atomic mass is 9.46. The van der Waals surface area contributed by atoms with Crippen molar-refractivity contribution in [2.45, 2.75) is 65.2 Å². The molecule has 0 spiro atoms. The number of fused-ring (bicyclic) bond motifs is 5. The van der Waals surface area contributed by atoms with E-state index in [-0.39, 0.29) is 17.2 Å². The van der Waals surface area contributed by atoms with E-state index in [1.165, 1.54) is 44.9 Å². The van der Waals surface area contributed by atoms with Gasteiger partial charge in [-0.25, -0.2) is 0 Å². The van der Waals surface area contributed by atoms with Gasteiger partial charge < -0.3 is 5.73 Å². The van der Waals surface area contributed by atoms with E-state index in [4.69, 9.17) is 5.73 Å². The number of carbonyl (C=O) groups excluding carboxylic acids is 1. The minimum Gasteiger partial charge on any atom is -0.369 e. The largest absolute Gasteiger partial charge is 0.369 e. The molecule has 0 heterocycles. The SMILES string of the molecule is C[C@]12C=CCCC1CC[C@@H]1[C@@H]2CC[C@]2(C)C(C(N)=O)CC[C@@H]12. The Labute approximate surface area is 134 Å². The maximum absolute atomic E-state index is 11.9. The topological polar surface area (TPSA) is 43.1 Å². The van der Waals surface area contributed by atoms with E-state index in [0.29, 0.717) is 5.41 Å². The molecule has 2 N–H and O–H groups in total. The Morgan fingerprint density at radius 1 is 1.05 bits per heavy atom. The summed E-state index contributed by atoms with van der Waals surface area (Å²) < 4.78 is 0. The van der Waals surface area contributed by atoms with Gasteiger partial charge in [-0.2, -0.15) is 0 Å².